The lowest BCUT2D eigenvalue weighted by Gasteiger charge is -2.28. The van der Waals surface area contributed by atoms with Crippen LogP contribution in [0.25, 0.3) is 0 Å². The van der Waals surface area contributed by atoms with Crippen LogP contribution in [0.1, 0.15) is 24.0 Å². The molecular formula is C23H27N3O5. The van der Waals surface area contributed by atoms with Gasteiger partial charge in [-0.2, -0.15) is 0 Å². The summed E-state index contributed by atoms with van der Waals surface area (Å²) in [6, 6.07) is 12.9. The Bertz CT molecular complexity index is 917. The van der Waals surface area contributed by atoms with Gasteiger partial charge in [0.25, 0.3) is 0 Å². The van der Waals surface area contributed by atoms with Crippen LogP contribution in [0, 0.1) is 0 Å². The first-order valence-corrected chi connectivity index (χ1v) is 10.3. The molecule has 5 N–H and O–H groups in total. The number of amides is 2. The highest BCUT2D eigenvalue weighted by molar-refractivity contribution is 5.92. The van der Waals surface area contributed by atoms with Crippen LogP contribution >= 0.6 is 0 Å². The van der Waals surface area contributed by atoms with E-state index in [0.29, 0.717) is 31.4 Å². The fraction of sp³-hybridized carbons (Fsp3) is 0.348. The quantitative estimate of drug-likeness (QED) is 0.500. The zero-order valence-corrected chi connectivity index (χ0v) is 17.1. The largest absolute Gasteiger partial charge is 0.508 e. The van der Waals surface area contributed by atoms with Gasteiger partial charge < -0.3 is 26.2 Å². The molecule has 0 spiro atoms. The van der Waals surface area contributed by atoms with E-state index in [2.05, 4.69) is 5.32 Å². The number of nitrogens with two attached hydrogens (primary N) is 1. The number of carbonyl (C=O) groups excluding carboxylic acids is 2. The minimum Gasteiger partial charge on any atom is -0.508 e. The molecule has 2 aromatic carbocycles. The molecule has 0 aliphatic carbocycles. The first kappa shape index (κ1) is 22.3. The third-order valence-corrected chi connectivity index (χ3v) is 5.44. The number of phenolic OH excluding ortho intramolecular Hbond substituents is 1. The average molecular weight is 425 g/mol. The molecule has 8 heteroatoms. The molecule has 1 aliphatic rings. The number of carbonyl (C=O) groups is 3. The molecule has 164 valence electrons. The van der Waals surface area contributed by atoms with E-state index in [1.54, 1.807) is 12.1 Å². The van der Waals surface area contributed by atoms with Gasteiger partial charge in [-0.25, -0.2) is 4.79 Å². The Morgan fingerprint density at radius 2 is 1.68 bits per heavy atom. The molecule has 0 saturated carbocycles. The van der Waals surface area contributed by atoms with Crippen LogP contribution in [0.15, 0.2) is 54.6 Å². The van der Waals surface area contributed by atoms with E-state index in [4.69, 9.17) is 5.73 Å². The number of aliphatic carboxylic acids is 1. The highest BCUT2D eigenvalue weighted by Crippen LogP contribution is 2.20. The lowest BCUT2D eigenvalue weighted by Crippen LogP contribution is -2.54. The van der Waals surface area contributed by atoms with Crippen LogP contribution in [-0.2, 0) is 27.2 Å². The summed E-state index contributed by atoms with van der Waals surface area (Å²) in [6.45, 7) is 0.412. The molecule has 2 amide bonds. The number of rotatable bonds is 8. The fourth-order valence-corrected chi connectivity index (χ4v) is 3.81. The van der Waals surface area contributed by atoms with Gasteiger partial charge >= 0.3 is 5.97 Å². The van der Waals surface area contributed by atoms with Gasteiger partial charge in [0.15, 0.2) is 0 Å². The number of phenols is 1. The number of hydrogen-bond acceptors (Lipinski definition) is 5. The number of nitrogens with one attached hydrogen (secondary N) is 1. The number of carboxylic acid groups (broad SMARTS) is 1. The summed E-state index contributed by atoms with van der Waals surface area (Å²) >= 11 is 0. The summed E-state index contributed by atoms with van der Waals surface area (Å²) in [4.78, 5) is 38.9. The molecule has 1 fully saturated rings. The lowest BCUT2D eigenvalue weighted by molar-refractivity contribution is -0.144. The molecule has 0 bridgehead atoms. The Balaban J connectivity index is 1.64. The zero-order chi connectivity index (χ0) is 22.4. The molecular weight excluding hydrogens is 398 g/mol. The minimum atomic E-state index is -1.17. The first-order chi connectivity index (χ1) is 14.8. The lowest BCUT2D eigenvalue weighted by atomic mass is 10.0. The van der Waals surface area contributed by atoms with Gasteiger partial charge in [0.05, 0.1) is 6.04 Å². The maximum absolute atomic E-state index is 12.9. The van der Waals surface area contributed by atoms with E-state index >= 15 is 0 Å². The number of hydrogen-bond donors (Lipinski definition) is 4. The molecule has 3 rings (SSSR count). The van der Waals surface area contributed by atoms with E-state index in [1.807, 2.05) is 30.3 Å². The molecule has 3 atom stereocenters. The minimum absolute atomic E-state index is 0.0650. The first-order valence-electron chi connectivity index (χ1n) is 10.3. The molecule has 8 nitrogen and oxygen atoms in total. The Hall–Kier alpha value is -3.39. The summed E-state index contributed by atoms with van der Waals surface area (Å²) < 4.78 is 0. The second-order valence-electron chi connectivity index (χ2n) is 7.76. The van der Waals surface area contributed by atoms with E-state index in [-0.39, 0.29) is 18.1 Å². The maximum atomic E-state index is 12.9. The van der Waals surface area contributed by atoms with Gasteiger partial charge in [0, 0.05) is 13.0 Å². The second kappa shape index (κ2) is 10.1. The summed E-state index contributed by atoms with van der Waals surface area (Å²) in [5.41, 5.74) is 7.71. The van der Waals surface area contributed by atoms with Crippen molar-refractivity contribution < 1.29 is 24.6 Å². The van der Waals surface area contributed by atoms with E-state index < -0.39 is 30.0 Å². The summed E-state index contributed by atoms with van der Waals surface area (Å²) in [5, 5.41) is 21.5. The van der Waals surface area contributed by atoms with Gasteiger partial charge in [-0.1, -0.05) is 42.5 Å². The molecule has 1 saturated heterocycles. The molecule has 0 unspecified atom stereocenters. The highest BCUT2D eigenvalue weighted by atomic mass is 16.4. The third-order valence-electron chi connectivity index (χ3n) is 5.44. The van der Waals surface area contributed by atoms with Crippen molar-refractivity contribution in [3.05, 3.63) is 65.7 Å². The van der Waals surface area contributed by atoms with Crippen LogP contribution < -0.4 is 11.1 Å². The highest BCUT2D eigenvalue weighted by Gasteiger charge is 2.37. The standard InChI is InChI=1S/C23H27N3O5/c24-18(13-15-5-2-1-3-6-15)22(29)26-12-4-7-20(26)21(28)25-19(23(30)31)14-16-8-10-17(27)11-9-16/h1-3,5-6,8-11,18-20,27H,4,7,12-14,24H2,(H,25,28)(H,30,31)/t18-,19-,20-/m0/s1. The maximum Gasteiger partial charge on any atom is 0.326 e. The van der Waals surface area contributed by atoms with Crippen molar-refractivity contribution in [2.75, 3.05) is 6.54 Å². The zero-order valence-electron chi connectivity index (χ0n) is 17.1. The van der Waals surface area contributed by atoms with Crippen LogP contribution in [0.4, 0.5) is 0 Å². The number of benzene rings is 2. The predicted molar refractivity (Wildman–Crippen MR) is 114 cm³/mol. The number of aromatic hydroxyl groups is 1. The number of carboxylic acids is 1. The Morgan fingerprint density at radius 1 is 1.03 bits per heavy atom. The van der Waals surface area contributed by atoms with Crippen LogP contribution in [0.3, 0.4) is 0 Å². The Morgan fingerprint density at radius 3 is 2.32 bits per heavy atom. The van der Waals surface area contributed by atoms with Crippen molar-refractivity contribution in [3.63, 3.8) is 0 Å². The van der Waals surface area contributed by atoms with Crippen molar-refractivity contribution in [3.8, 4) is 5.75 Å². The average Bonchev–Trinajstić information content (AvgIpc) is 3.24. The molecule has 1 heterocycles. The SMILES string of the molecule is N[C@@H](Cc1ccccc1)C(=O)N1CCC[C@H]1C(=O)N[C@@H](Cc1ccc(O)cc1)C(=O)O. The third kappa shape index (κ3) is 5.82. The van der Waals surface area contributed by atoms with Gasteiger partial charge in [0.1, 0.15) is 17.8 Å². The van der Waals surface area contributed by atoms with E-state index in [1.165, 1.54) is 17.0 Å². The van der Waals surface area contributed by atoms with Gasteiger partial charge in [0.2, 0.25) is 11.8 Å². The van der Waals surface area contributed by atoms with Crippen LogP contribution in [0.5, 0.6) is 5.75 Å². The van der Waals surface area contributed by atoms with Crippen molar-refractivity contribution in [1.82, 2.24) is 10.2 Å². The molecule has 1 aliphatic heterocycles. The number of nitrogens with zero attached hydrogens (tertiary/aromatic N) is 1. The summed E-state index contributed by atoms with van der Waals surface area (Å²) in [5.74, 6) is -1.90. The fourth-order valence-electron chi connectivity index (χ4n) is 3.81. The molecule has 0 radical (unpaired) electrons. The Labute approximate surface area is 180 Å². The summed E-state index contributed by atoms with van der Waals surface area (Å²) in [6.07, 6.45) is 1.54. The van der Waals surface area contributed by atoms with Crippen molar-refractivity contribution in [2.24, 2.45) is 5.73 Å². The predicted octanol–water partition coefficient (Wildman–Crippen LogP) is 1.07. The van der Waals surface area contributed by atoms with Crippen molar-refractivity contribution >= 4 is 17.8 Å². The van der Waals surface area contributed by atoms with Crippen LogP contribution in [0.2, 0.25) is 0 Å². The van der Waals surface area contributed by atoms with E-state index in [0.717, 1.165) is 5.56 Å². The monoisotopic (exact) mass is 425 g/mol. The number of likely N-dealkylation sites (tertiary alicyclic amines) is 1. The normalized spacial score (nSPS) is 17.7. The van der Waals surface area contributed by atoms with Gasteiger partial charge in [-0.3, -0.25) is 9.59 Å². The molecule has 2 aromatic rings. The summed E-state index contributed by atoms with van der Waals surface area (Å²) in [7, 11) is 0. The van der Waals surface area contributed by atoms with Gasteiger partial charge in [-0.05, 0) is 42.5 Å². The smallest absolute Gasteiger partial charge is 0.326 e. The second-order valence-corrected chi connectivity index (χ2v) is 7.76. The van der Waals surface area contributed by atoms with Crippen molar-refractivity contribution in [1.29, 1.82) is 0 Å². The molecule has 31 heavy (non-hydrogen) atoms. The molecule has 0 aromatic heterocycles. The van der Waals surface area contributed by atoms with Crippen molar-refractivity contribution in [2.45, 2.75) is 43.8 Å². The van der Waals surface area contributed by atoms with Gasteiger partial charge in [-0.15, -0.1) is 0 Å². The topological polar surface area (TPSA) is 133 Å². The van der Waals surface area contributed by atoms with E-state index in [9.17, 15) is 24.6 Å². The Kier molecular flexibility index (Phi) is 7.25. The van der Waals surface area contributed by atoms with Crippen LogP contribution in [-0.4, -0.2) is 57.6 Å².